The molecule has 0 saturated heterocycles. The molecule has 0 radical (unpaired) electrons. The molecule has 1 heterocycles. The lowest BCUT2D eigenvalue weighted by molar-refractivity contribution is -0.0506. The van der Waals surface area contributed by atoms with Crippen molar-refractivity contribution in [3.8, 4) is 5.75 Å². The van der Waals surface area contributed by atoms with Crippen LogP contribution in [0.5, 0.6) is 5.75 Å². The molecule has 0 fully saturated rings. The maximum absolute atomic E-state index is 12.7. The second-order valence-corrected chi connectivity index (χ2v) is 8.55. The van der Waals surface area contributed by atoms with E-state index in [1.807, 2.05) is 0 Å². The molecule has 0 aliphatic carbocycles. The number of benzene rings is 2. The van der Waals surface area contributed by atoms with Crippen LogP contribution in [-0.4, -0.2) is 20.9 Å². The Bertz CT molecular complexity index is 1130. The molecule has 0 aliphatic heterocycles. The van der Waals surface area contributed by atoms with Gasteiger partial charge in [0.15, 0.2) is 0 Å². The summed E-state index contributed by atoms with van der Waals surface area (Å²) < 4.78 is 62.3. The molecular formula is C22H22F2N2O5S. The standard InChI is InChI=1S/C22H22F2N2O5S/c1-2-19(18-7-3-4-8-20(18)31-22(23)24)26-21(27)15-9-11-17(12-10-15)32(28,29)25-14-16-6-5-13-30-16/h3-13,19,22,25H,2,14H2,1H3,(H,26,27). The number of carbonyl (C=O) groups is 1. The van der Waals surface area contributed by atoms with Gasteiger partial charge in [0.05, 0.1) is 23.7 Å². The van der Waals surface area contributed by atoms with E-state index < -0.39 is 28.6 Å². The summed E-state index contributed by atoms with van der Waals surface area (Å²) in [4.78, 5) is 12.7. The maximum atomic E-state index is 12.7. The lowest BCUT2D eigenvalue weighted by Crippen LogP contribution is -2.29. The molecule has 1 amide bonds. The summed E-state index contributed by atoms with van der Waals surface area (Å²) in [5.41, 5.74) is 0.644. The minimum atomic E-state index is -3.80. The summed E-state index contributed by atoms with van der Waals surface area (Å²) in [7, 11) is -3.80. The van der Waals surface area contributed by atoms with Gasteiger partial charge < -0.3 is 14.5 Å². The fraction of sp³-hybridized carbons (Fsp3) is 0.227. The molecule has 1 atom stereocenters. The Morgan fingerprint density at radius 3 is 2.41 bits per heavy atom. The molecule has 0 spiro atoms. The lowest BCUT2D eigenvalue weighted by atomic mass is 10.0. The number of amides is 1. The van der Waals surface area contributed by atoms with Gasteiger partial charge in [0, 0.05) is 11.1 Å². The highest BCUT2D eigenvalue weighted by Gasteiger charge is 2.20. The minimum absolute atomic E-state index is 0.00412. The Morgan fingerprint density at radius 1 is 1.06 bits per heavy atom. The Hall–Kier alpha value is -3.24. The number of hydrogen-bond donors (Lipinski definition) is 2. The van der Waals surface area contributed by atoms with Crippen LogP contribution in [0.2, 0.25) is 0 Å². The third-order valence-electron chi connectivity index (χ3n) is 4.67. The summed E-state index contributed by atoms with van der Waals surface area (Å²) in [6, 6.07) is 14.3. The fourth-order valence-corrected chi connectivity index (χ4v) is 4.05. The molecule has 2 N–H and O–H groups in total. The Morgan fingerprint density at radius 2 is 1.78 bits per heavy atom. The van der Waals surface area contributed by atoms with E-state index in [1.165, 1.54) is 36.6 Å². The van der Waals surface area contributed by atoms with Crippen molar-refractivity contribution < 1.29 is 31.1 Å². The van der Waals surface area contributed by atoms with Crippen molar-refractivity contribution in [2.45, 2.75) is 37.4 Å². The molecule has 3 aromatic rings. The van der Waals surface area contributed by atoms with Crippen molar-refractivity contribution in [2.75, 3.05) is 0 Å². The minimum Gasteiger partial charge on any atom is -0.468 e. The molecule has 10 heteroatoms. The summed E-state index contributed by atoms with van der Waals surface area (Å²) in [5.74, 6) is -0.0267. The first-order valence-corrected chi connectivity index (χ1v) is 11.2. The largest absolute Gasteiger partial charge is 0.468 e. The van der Waals surface area contributed by atoms with E-state index >= 15 is 0 Å². The van der Waals surface area contributed by atoms with Gasteiger partial charge >= 0.3 is 6.61 Å². The Balaban J connectivity index is 1.70. The topological polar surface area (TPSA) is 97.6 Å². The van der Waals surface area contributed by atoms with Crippen molar-refractivity contribution >= 4 is 15.9 Å². The van der Waals surface area contributed by atoms with Gasteiger partial charge in [0.1, 0.15) is 11.5 Å². The van der Waals surface area contributed by atoms with Gasteiger partial charge in [-0.15, -0.1) is 0 Å². The van der Waals surface area contributed by atoms with Crippen molar-refractivity contribution in [3.05, 3.63) is 83.8 Å². The summed E-state index contributed by atoms with van der Waals surface area (Å²) >= 11 is 0. The monoisotopic (exact) mass is 464 g/mol. The van der Waals surface area contributed by atoms with E-state index in [4.69, 9.17) is 4.42 Å². The lowest BCUT2D eigenvalue weighted by Gasteiger charge is -2.20. The number of alkyl halides is 2. The molecule has 0 saturated carbocycles. The number of ether oxygens (including phenoxy) is 1. The number of halogens is 2. The number of furan rings is 1. The number of carbonyl (C=O) groups excluding carboxylic acids is 1. The zero-order chi connectivity index (χ0) is 23.1. The van der Waals surface area contributed by atoms with Crippen LogP contribution < -0.4 is 14.8 Å². The predicted octanol–water partition coefficient (Wildman–Crippen LogP) is 4.24. The molecule has 32 heavy (non-hydrogen) atoms. The molecule has 3 rings (SSSR count). The zero-order valence-corrected chi connectivity index (χ0v) is 17.9. The molecule has 2 aromatic carbocycles. The summed E-state index contributed by atoms with van der Waals surface area (Å²) in [6.45, 7) is -1.19. The van der Waals surface area contributed by atoms with Crippen LogP contribution in [0.15, 0.2) is 76.2 Å². The third-order valence-corrected chi connectivity index (χ3v) is 6.08. The van der Waals surface area contributed by atoms with Crippen molar-refractivity contribution in [3.63, 3.8) is 0 Å². The van der Waals surface area contributed by atoms with E-state index in [-0.39, 0.29) is 22.8 Å². The molecule has 0 aliphatic rings. The van der Waals surface area contributed by atoms with E-state index in [0.717, 1.165) is 0 Å². The maximum Gasteiger partial charge on any atom is 0.387 e. The normalized spacial score (nSPS) is 12.5. The SMILES string of the molecule is CCC(NC(=O)c1ccc(S(=O)(=O)NCc2ccco2)cc1)c1ccccc1OC(F)F. The van der Waals surface area contributed by atoms with Crippen LogP contribution in [0.25, 0.3) is 0 Å². The average Bonchev–Trinajstić information content (AvgIpc) is 3.30. The summed E-state index contributed by atoms with van der Waals surface area (Å²) in [6.07, 6.45) is 1.87. The molecule has 170 valence electrons. The van der Waals surface area contributed by atoms with Gasteiger partial charge in [-0.25, -0.2) is 13.1 Å². The summed E-state index contributed by atoms with van der Waals surface area (Å²) in [5, 5.41) is 2.77. The van der Waals surface area contributed by atoms with E-state index in [2.05, 4.69) is 14.8 Å². The second kappa shape index (κ2) is 10.4. The first-order chi connectivity index (χ1) is 15.3. The number of rotatable bonds is 10. The van der Waals surface area contributed by atoms with Crippen LogP contribution in [0.3, 0.4) is 0 Å². The fourth-order valence-electron chi connectivity index (χ4n) is 3.06. The zero-order valence-electron chi connectivity index (χ0n) is 17.1. The number of para-hydroxylation sites is 1. The molecule has 1 aromatic heterocycles. The second-order valence-electron chi connectivity index (χ2n) is 6.78. The Labute approximate surface area is 184 Å². The van der Waals surface area contributed by atoms with Gasteiger partial charge in [-0.3, -0.25) is 4.79 Å². The highest BCUT2D eigenvalue weighted by Crippen LogP contribution is 2.28. The van der Waals surface area contributed by atoms with E-state index in [9.17, 15) is 22.0 Å². The number of nitrogens with one attached hydrogen (secondary N) is 2. The van der Waals surface area contributed by atoms with Gasteiger partial charge in [-0.1, -0.05) is 25.1 Å². The van der Waals surface area contributed by atoms with Gasteiger partial charge in [-0.05, 0) is 48.9 Å². The third kappa shape index (κ3) is 5.92. The van der Waals surface area contributed by atoms with Gasteiger partial charge in [-0.2, -0.15) is 8.78 Å². The highest BCUT2D eigenvalue weighted by molar-refractivity contribution is 7.89. The Kier molecular flexibility index (Phi) is 7.60. The van der Waals surface area contributed by atoms with Crippen molar-refractivity contribution in [1.29, 1.82) is 0 Å². The van der Waals surface area contributed by atoms with Crippen LogP contribution in [0.1, 0.15) is 41.1 Å². The average molecular weight is 464 g/mol. The van der Waals surface area contributed by atoms with Crippen LogP contribution in [0, 0.1) is 0 Å². The van der Waals surface area contributed by atoms with Crippen molar-refractivity contribution in [1.82, 2.24) is 10.0 Å². The van der Waals surface area contributed by atoms with Gasteiger partial charge in [0.25, 0.3) is 5.91 Å². The van der Waals surface area contributed by atoms with Crippen LogP contribution in [0.4, 0.5) is 8.78 Å². The van der Waals surface area contributed by atoms with Crippen LogP contribution >= 0.6 is 0 Å². The van der Waals surface area contributed by atoms with Crippen LogP contribution in [-0.2, 0) is 16.6 Å². The number of sulfonamides is 1. The smallest absolute Gasteiger partial charge is 0.387 e. The quantitative estimate of drug-likeness (QED) is 0.468. The first kappa shape index (κ1) is 23.4. The molecule has 7 nitrogen and oxygen atoms in total. The highest BCUT2D eigenvalue weighted by atomic mass is 32.2. The molecular weight excluding hydrogens is 442 g/mol. The van der Waals surface area contributed by atoms with E-state index in [1.54, 1.807) is 37.3 Å². The predicted molar refractivity (Wildman–Crippen MR) is 113 cm³/mol. The van der Waals surface area contributed by atoms with Gasteiger partial charge in [0.2, 0.25) is 10.0 Å². The first-order valence-electron chi connectivity index (χ1n) is 9.77. The molecule has 1 unspecified atom stereocenters. The molecule has 0 bridgehead atoms. The van der Waals surface area contributed by atoms with Crippen molar-refractivity contribution in [2.24, 2.45) is 0 Å². The number of hydrogen-bond acceptors (Lipinski definition) is 5. The van der Waals surface area contributed by atoms with E-state index in [0.29, 0.717) is 17.7 Å².